The van der Waals surface area contributed by atoms with E-state index in [1.165, 1.54) is 11.5 Å². The third kappa shape index (κ3) is 1.58. The van der Waals surface area contributed by atoms with Crippen molar-refractivity contribution in [2.24, 2.45) is 5.73 Å². The molecular formula is C5H7N3OS. The first-order valence-corrected chi connectivity index (χ1v) is 3.68. The highest BCUT2D eigenvalue weighted by molar-refractivity contribution is 7.03. The summed E-state index contributed by atoms with van der Waals surface area (Å²) in [5, 5.41) is 5.22. The molecule has 0 unspecified atom stereocenters. The fourth-order valence-corrected chi connectivity index (χ4v) is 1.01. The SMILES string of the molecule is NCCC(=O)c1csnn1. The first kappa shape index (κ1) is 7.30. The lowest BCUT2D eigenvalue weighted by Crippen LogP contribution is -2.08. The van der Waals surface area contributed by atoms with E-state index in [9.17, 15) is 4.79 Å². The van der Waals surface area contributed by atoms with Crippen LogP contribution in [0.1, 0.15) is 16.9 Å². The molecule has 0 fully saturated rings. The molecule has 10 heavy (non-hydrogen) atoms. The molecule has 0 aliphatic rings. The fourth-order valence-electron chi connectivity index (χ4n) is 0.545. The summed E-state index contributed by atoms with van der Waals surface area (Å²) in [4.78, 5) is 10.9. The molecule has 1 rings (SSSR count). The number of carbonyl (C=O) groups is 1. The molecule has 0 atom stereocenters. The van der Waals surface area contributed by atoms with Crippen molar-refractivity contribution in [2.45, 2.75) is 6.42 Å². The van der Waals surface area contributed by atoms with Crippen molar-refractivity contribution >= 4 is 17.3 Å². The lowest BCUT2D eigenvalue weighted by atomic mass is 10.2. The minimum absolute atomic E-state index is 0.0312. The van der Waals surface area contributed by atoms with Gasteiger partial charge in [0.15, 0.2) is 5.78 Å². The Morgan fingerprint density at radius 1 is 1.80 bits per heavy atom. The Balaban J connectivity index is 2.59. The minimum Gasteiger partial charge on any atom is -0.330 e. The Hall–Kier alpha value is -0.810. The van der Waals surface area contributed by atoms with Crippen LogP contribution in [0.15, 0.2) is 5.38 Å². The summed E-state index contributed by atoms with van der Waals surface area (Å²) >= 11 is 1.17. The highest BCUT2D eigenvalue weighted by atomic mass is 32.1. The molecule has 0 aromatic carbocycles. The van der Waals surface area contributed by atoms with E-state index in [1.54, 1.807) is 5.38 Å². The van der Waals surface area contributed by atoms with E-state index in [2.05, 4.69) is 9.59 Å². The van der Waals surface area contributed by atoms with Gasteiger partial charge in [0.1, 0.15) is 5.69 Å². The van der Waals surface area contributed by atoms with E-state index in [1.807, 2.05) is 0 Å². The van der Waals surface area contributed by atoms with E-state index in [0.717, 1.165) is 0 Å². The lowest BCUT2D eigenvalue weighted by Gasteiger charge is -1.88. The van der Waals surface area contributed by atoms with Crippen LogP contribution in [0, 0.1) is 0 Å². The molecule has 0 aliphatic carbocycles. The first-order chi connectivity index (χ1) is 4.84. The molecule has 0 aliphatic heterocycles. The summed E-state index contributed by atoms with van der Waals surface area (Å²) in [5.74, 6) is -0.0312. The summed E-state index contributed by atoms with van der Waals surface area (Å²) in [6.07, 6.45) is 0.353. The number of aromatic nitrogens is 2. The normalized spacial score (nSPS) is 9.70. The van der Waals surface area contributed by atoms with Crippen molar-refractivity contribution in [3.8, 4) is 0 Å². The highest BCUT2D eigenvalue weighted by Crippen LogP contribution is 1.99. The van der Waals surface area contributed by atoms with Crippen LogP contribution in [0.2, 0.25) is 0 Å². The van der Waals surface area contributed by atoms with Crippen LogP contribution in [0.5, 0.6) is 0 Å². The number of nitrogens with zero attached hydrogens (tertiary/aromatic N) is 2. The van der Waals surface area contributed by atoms with Crippen LogP contribution in [0.25, 0.3) is 0 Å². The summed E-state index contributed by atoms with van der Waals surface area (Å²) in [6.45, 7) is 0.371. The van der Waals surface area contributed by atoms with Gasteiger partial charge in [-0.1, -0.05) is 4.49 Å². The Labute approximate surface area is 62.2 Å². The van der Waals surface area contributed by atoms with Gasteiger partial charge in [-0.3, -0.25) is 4.79 Å². The first-order valence-electron chi connectivity index (χ1n) is 2.85. The van der Waals surface area contributed by atoms with Crippen LogP contribution in [-0.4, -0.2) is 21.9 Å². The summed E-state index contributed by atoms with van der Waals surface area (Å²) in [7, 11) is 0. The van der Waals surface area contributed by atoms with E-state index in [-0.39, 0.29) is 5.78 Å². The molecule has 0 spiro atoms. The van der Waals surface area contributed by atoms with Crippen molar-refractivity contribution in [3.63, 3.8) is 0 Å². The van der Waals surface area contributed by atoms with Gasteiger partial charge < -0.3 is 5.73 Å². The second-order valence-electron chi connectivity index (χ2n) is 1.75. The van der Waals surface area contributed by atoms with Crippen molar-refractivity contribution < 1.29 is 4.79 Å². The van der Waals surface area contributed by atoms with Gasteiger partial charge in [-0.05, 0) is 18.1 Å². The molecule has 2 N–H and O–H groups in total. The number of nitrogens with two attached hydrogens (primary N) is 1. The lowest BCUT2D eigenvalue weighted by molar-refractivity contribution is 0.0980. The molecule has 0 bridgehead atoms. The topological polar surface area (TPSA) is 68.9 Å². The van der Waals surface area contributed by atoms with Gasteiger partial charge in [-0.25, -0.2) is 0 Å². The maximum atomic E-state index is 10.9. The number of Topliss-reactive ketones (excluding diaryl/α,β-unsaturated/α-hetero) is 1. The zero-order valence-corrected chi connectivity index (χ0v) is 6.10. The molecule has 1 aromatic rings. The van der Waals surface area contributed by atoms with Gasteiger partial charge in [0.05, 0.1) is 0 Å². The smallest absolute Gasteiger partial charge is 0.185 e. The molecule has 0 radical (unpaired) electrons. The average Bonchev–Trinajstić information content (AvgIpc) is 2.38. The molecule has 5 heteroatoms. The molecule has 1 heterocycles. The Kier molecular flexibility index (Phi) is 2.47. The largest absolute Gasteiger partial charge is 0.330 e. The summed E-state index contributed by atoms with van der Waals surface area (Å²) < 4.78 is 3.56. The quantitative estimate of drug-likeness (QED) is 0.630. The number of hydrogen-bond donors (Lipinski definition) is 1. The third-order valence-electron chi connectivity index (χ3n) is 1.02. The number of rotatable bonds is 3. The highest BCUT2D eigenvalue weighted by Gasteiger charge is 2.05. The van der Waals surface area contributed by atoms with Gasteiger partial charge in [-0.15, -0.1) is 5.10 Å². The van der Waals surface area contributed by atoms with Crippen LogP contribution in [0.3, 0.4) is 0 Å². The van der Waals surface area contributed by atoms with Crippen LogP contribution < -0.4 is 5.73 Å². The predicted molar refractivity (Wildman–Crippen MR) is 37.9 cm³/mol. The van der Waals surface area contributed by atoms with E-state index in [0.29, 0.717) is 18.7 Å². The summed E-state index contributed by atoms with van der Waals surface area (Å²) in [6, 6.07) is 0. The third-order valence-corrected chi connectivity index (χ3v) is 1.52. The monoisotopic (exact) mass is 157 g/mol. The van der Waals surface area contributed by atoms with Gasteiger partial charge >= 0.3 is 0 Å². The maximum absolute atomic E-state index is 10.9. The Bertz CT molecular complexity index is 209. The molecule has 4 nitrogen and oxygen atoms in total. The molecular weight excluding hydrogens is 150 g/mol. The van der Waals surface area contributed by atoms with Gasteiger partial charge in [0.2, 0.25) is 0 Å². The van der Waals surface area contributed by atoms with Crippen molar-refractivity contribution in [1.82, 2.24) is 9.59 Å². The molecule has 0 saturated carbocycles. The summed E-state index contributed by atoms with van der Waals surface area (Å²) in [5.41, 5.74) is 5.60. The maximum Gasteiger partial charge on any atom is 0.185 e. The molecule has 54 valence electrons. The minimum atomic E-state index is -0.0312. The van der Waals surface area contributed by atoms with Crippen molar-refractivity contribution in [1.29, 1.82) is 0 Å². The predicted octanol–water partition coefficient (Wildman–Crippen LogP) is 0.0696. The molecule has 1 aromatic heterocycles. The number of hydrogen-bond acceptors (Lipinski definition) is 5. The van der Waals surface area contributed by atoms with E-state index < -0.39 is 0 Å². The van der Waals surface area contributed by atoms with Gasteiger partial charge in [0, 0.05) is 11.8 Å². The Morgan fingerprint density at radius 3 is 3.10 bits per heavy atom. The second-order valence-corrected chi connectivity index (χ2v) is 2.36. The number of ketones is 1. The zero-order valence-electron chi connectivity index (χ0n) is 5.28. The van der Waals surface area contributed by atoms with Crippen molar-refractivity contribution in [3.05, 3.63) is 11.1 Å². The molecule has 0 amide bonds. The van der Waals surface area contributed by atoms with E-state index >= 15 is 0 Å². The zero-order chi connectivity index (χ0) is 7.40. The number of carbonyl (C=O) groups excluding carboxylic acids is 1. The van der Waals surface area contributed by atoms with E-state index in [4.69, 9.17) is 5.73 Å². The Morgan fingerprint density at radius 2 is 2.60 bits per heavy atom. The van der Waals surface area contributed by atoms with Crippen molar-refractivity contribution in [2.75, 3.05) is 6.54 Å². The second kappa shape index (κ2) is 3.38. The molecule has 0 saturated heterocycles. The standard InChI is InChI=1S/C5H7N3OS/c6-2-1-5(9)4-3-10-8-7-4/h3H,1-2,6H2. The van der Waals surface area contributed by atoms with Gasteiger partial charge in [-0.2, -0.15) is 0 Å². The fraction of sp³-hybridized carbons (Fsp3) is 0.400. The van der Waals surface area contributed by atoms with Crippen LogP contribution in [-0.2, 0) is 0 Å². The van der Waals surface area contributed by atoms with Gasteiger partial charge in [0.25, 0.3) is 0 Å². The van der Waals surface area contributed by atoms with Crippen LogP contribution >= 0.6 is 11.5 Å². The average molecular weight is 157 g/mol. The van der Waals surface area contributed by atoms with Crippen LogP contribution in [0.4, 0.5) is 0 Å².